The molecule has 5 nitrogen and oxygen atoms in total. The summed E-state index contributed by atoms with van der Waals surface area (Å²) in [5.41, 5.74) is 5.17. The predicted octanol–water partition coefficient (Wildman–Crippen LogP) is 1.75. The van der Waals surface area contributed by atoms with E-state index in [0.717, 1.165) is 25.0 Å². The van der Waals surface area contributed by atoms with Crippen LogP contribution in [-0.4, -0.2) is 25.7 Å². The van der Waals surface area contributed by atoms with Crippen molar-refractivity contribution in [1.82, 2.24) is 4.72 Å². The number of anilines is 1. The lowest BCUT2D eigenvalue weighted by molar-refractivity contribution is 0.101. The van der Waals surface area contributed by atoms with Crippen LogP contribution in [0.2, 0.25) is 0 Å². The first-order valence-corrected chi connectivity index (χ1v) is 8.54. The maximum absolute atomic E-state index is 13.3. The monoisotopic (exact) mass is 366 g/mol. The van der Waals surface area contributed by atoms with Gasteiger partial charge in [-0.2, -0.15) is 0 Å². The van der Waals surface area contributed by atoms with Gasteiger partial charge in [0.1, 0.15) is 5.82 Å². The zero-order chi connectivity index (χ0) is 14.9. The van der Waals surface area contributed by atoms with E-state index in [1.165, 1.54) is 0 Å². The molecule has 0 bridgehead atoms. The van der Waals surface area contributed by atoms with Crippen molar-refractivity contribution >= 4 is 31.6 Å². The number of hydrogen-bond donors (Lipinski definition) is 3. The molecule has 2 atom stereocenters. The van der Waals surface area contributed by atoms with Crippen LogP contribution < -0.4 is 10.5 Å². The van der Waals surface area contributed by atoms with Crippen LogP contribution in [0, 0.1) is 5.82 Å². The summed E-state index contributed by atoms with van der Waals surface area (Å²) in [6.45, 7) is 0. The summed E-state index contributed by atoms with van der Waals surface area (Å²) in [7, 11) is -3.87. The van der Waals surface area contributed by atoms with Crippen LogP contribution in [0.5, 0.6) is 0 Å². The van der Waals surface area contributed by atoms with Gasteiger partial charge < -0.3 is 10.8 Å². The van der Waals surface area contributed by atoms with E-state index in [1.807, 2.05) is 0 Å². The predicted molar refractivity (Wildman–Crippen MR) is 77.1 cm³/mol. The van der Waals surface area contributed by atoms with Gasteiger partial charge in [0.05, 0.1) is 16.7 Å². The van der Waals surface area contributed by atoms with Crippen molar-refractivity contribution in [2.24, 2.45) is 0 Å². The second kappa shape index (κ2) is 5.97. The number of rotatable bonds is 3. The minimum absolute atomic E-state index is 0.0991. The first kappa shape index (κ1) is 15.7. The largest absolute Gasteiger partial charge is 0.396 e. The number of sulfonamides is 1. The Hall–Kier alpha value is -0.700. The van der Waals surface area contributed by atoms with Crippen LogP contribution in [-0.2, 0) is 10.0 Å². The Bertz CT molecular complexity index is 609. The van der Waals surface area contributed by atoms with E-state index < -0.39 is 28.0 Å². The Morgan fingerprint density at radius 3 is 2.65 bits per heavy atom. The topological polar surface area (TPSA) is 92.4 Å². The fourth-order valence-corrected chi connectivity index (χ4v) is 4.62. The van der Waals surface area contributed by atoms with Crippen molar-refractivity contribution in [3.8, 4) is 0 Å². The summed E-state index contributed by atoms with van der Waals surface area (Å²) < 4.78 is 40.4. The molecule has 0 heterocycles. The second-order valence-corrected chi connectivity index (χ2v) is 7.42. The van der Waals surface area contributed by atoms with Gasteiger partial charge in [0.25, 0.3) is 0 Å². The van der Waals surface area contributed by atoms with Crippen molar-refractivity contribution < 1.29 is 17.9 Å². The zero-order valence-corrected chi connectivity index (χ0v) is 13.0. The second-order valence-electron chi connectivity index (χ2n) is 4.88. The van der Waals surface area contributed by atoms with Gasteiger partial charge in [-0.1, -0.05) is 12.8 Å². The zero-order valence-electron chi connectivity index (χ0n) is 10.6. The molecule has 2 unspecified atom stereocenters. The van der Waals surface area contributed by atoms with Crippen LogP contribution in [0.15, 0.2) is 21.5 Å². The van der Waals surface area contributed by atoms with Crippen molar-refractivity contribution in [2.45, 2.75) is 42.7 Å². The lowest BCUT2D eigenvalue weighted by Gasteiger charge is -2.28. The number of aliphatic hydroxyl groups excluding tert-OH is 1. The van der Waals surface area contributed by atoms with E-state index in [-0.39, 0.29) is 15.1 Å². The van der Waals surface area contributed by atoms with E-state index in [0.29, 0.717) is 12.8 Å². The average Bonchev–Trinajstić information content (AvgIpc) is 2.36. The molecule has 1 fully saturated rings. The highest BCUT2D eigenvalue weighted by Crippen LogP contribution is 2.28. The Morgan fingerprint density at radius 1 is 1.35 bits per heavy atom. The molecule has 1 saturated carbocycles. The summed E-state index contributed by atoms with van der Waals surface area (Å²) >= 11 is 3.02. The van der Waals surface area contributed by atoms with Crippen molar-refractivity contribution in [2.75, 3.05) is 5.73 Å². The van der Waals surface area contributed by atoms with Crippen LogP contribution in [0.4, 0.5) is 10.1 Å². The first-order valence-electron chi connectivity index (χ1n) is 6.26. The van der Waals surface area contributed by atoms with E-state index in [1.54, 1.807) is 0 Å². The summed E-state index contributed by atoms with van der Waals surface area (Å²) in [6.07, 6.45) is 2.19. The van der Waals surface area contributed by atoms with Crippen LogP contribution in [0.25, 0.3) is 0 Å². The molecule has 0 saturated heterocycles. The van der Waals surface area contributed by atoms with Gasteiger partial charge in [-0.25, -0.2) is 17.5 Å². The van der Waals surface area contributed by atoms with Gasteiger partial charge in [-0.05, 0) is 40.9 Å². The van der Waals surface area contributed by atoms with E-state index >= 15 is 0 Å². The van der Waals surface area contributed by atoms with Crippen molar-refractivity contribution in [3.05, 3.63) is 22.4 Å². The van der Waals surface area contributed by atoms with Gasteiger partial charge in [-0.3, -0.25) is 0 Å². The Morgan fingerprint density at radius 2 is 2.00 bits per heavy atom. The van der Waals surface area contributed by atoms with Gasteiger partial charge in [-0.15, -0.1) is 0 Å². The third kappa shape index (κ3) is 3.30. The van der Waals surface area contributed by atoms with Crippen LogP contribution >= 0.6 is 15.9 Å². The lowest BCUT2D eigenvalue weighted by Crippen LogP contribution is -2.45. The number of aliphatic hydroxyl groups is 1. The number of benzene rings is 1. The molecule has 2 rings (SSSR count). The SMILES string of the molecule is Nc1cc(S(=O)(=O)NC2CCCCC2O)c(Br)cc1F. The fraction of sp³-hybridized carbons (Fsp3) is 0.500. The summed E-state index contributed by atoms with van der Waals surface area (Å²) in [5, 5.41) is 9.82. The van der Waals surface area contributed by atoms with E-state index in [2.05, 4.69) is 20.7 Å². The molecule has 20 heavy (non-hydrogen) atoms. The summed E-state index contributed by atoms with van der Waals surface area (Å²) in [5.74, 6) is -0.687. The lowest BCUT2D eigenvalue weighted by atomic mass is 9.93. The van der Waals surface area contributed by atoms with Gasteiger partial charge in [0.2, 0.25) is 10.0 Å². The maximum atomic E-state index is 13.3. The highest BCUT2D eigenvalue weighted by Gasteiger charge is 2.29. The average molecular weight is 367 g/mol. The quantitative estimate of drug-likeness (QED) is 0.710. The van der Waals surface area contributed by atoms with Crippen molar-refractivity contribution in [3.63, 3.8) is 0 Å². The number of nitrogen functional groups attached to an aromatic ring is 1. The van der Waals surface area contributed by atoms with Crippen LogP contribution in [0.3, 0.4) is 0 Å². The third-order valence-corrected chi connectivity index (χ3v) is 5.83. The highest BCUT2D eigenvalue weighted by molar-refractivity contribution is 9.10. The number of nitrogens with two attached hydrogens (primary N) is 1. The molecule has 0 radical (unpaired) electrons. The van der Waals surface area contributed by atoms with Gasteiger partial charge in [0, 0.05) is 10.5 Å². The number of halogens is 2. The molecule has 0 spiro atoms. The summed E-state index contributed by atoms with van der Waals surface area (Å²) in [4.78, 5) is -0.130. The normalized spacial score (nSPS) is 23.8. The molecule has 0 amide bonds. The minimum atomic E-state index is -3.87. The van der Waals surface area contributed by atoms with E-state index in [4.69, 9.17) is 5.73 Å². The number of nitrogens with one attached hydrogen (secondary N) is 1. The molecule has 4 N–H and O–H groups in total. The minimum Gasteiger partial charge on any atom is -0.396 e. The molecule has 1 aromatic rings. The molecule has 112 valence electrons. The Labute approximate surface area is 125 Å². The fourth-order valence-electron chi connectivity index (χ4n) is 2.26. The molecule has 1 aliphatic carbocycles. The molecule has 1 aliphatic rings. The maximum Gasteiger partial charge on any atom is 0.242 e. The molecule has 8 heteroatoms. The smallest absolute Gasteiger partial charge is 0.242 e. The Balaban J connectivity index is 2.28. The first-order chi connectivity index (χ1) is 9.31. The third-order valence-electron chi connectivity index (χ3n) is 3.38. The molecule has 0 aromatic heterocycles. The molecular formula is C12H16BrFN2O3S. The van der Waals surface area contributed by atoms with Crippen LogP contribution in [0.1, 0.15) is 25.7 Å². The molecule has 1 aromatic carbocycles. The van der Waals surface area contributed by atoms with Gasteiger partial charge in [0.15, 0.2) is 0 Å². The van der Waals surface area contributed by atoms with Crippen molar-refractivity contribution in [1.29, 1.82) is 0 Å². The highest BCUT2D eigenvalue weighted by atomic mass is 79.9. The molecule has 0 aliphatic heterocycles. The summed E-state index contributed by atoms with van der Waals surface area (Å²) in [6, 6.07) is 1.56. The standard InChI is InChI=1S/C12H16BrFN2O3S/c13-7-5-8(14)9(15)6-12(7)20(18,19)16-10-3-1-2-4-11(10)17/h5-6,10-11,16-17H,1-4,15H2. The van der Waals surface area contributed by atoms with Gasteiger partial charge >= 0.3 is 0 Å². The van der Waals surface area contributed by atoms with E-state index in [9.17, 15) is 17.9 Å². The number of hydrogen-bond acceptors (Lipinski definition) is 4. The molecular weight excluding hydrogens is 351 g/mol. The Kier molecular flexibility index (Phi) is 4.68.